The zero-order chi connectivity index (χ0) is 11.2. The first kappa shape index (κ1) is 10.9. The summed E-state index contributed by atoms with van der Waals surface area (Å²) in [5, 5.41) is 0. The zero-order valence-electron chi connectivity index (χ0n) is 9.89. The first-order valence-electron chi connectivity index (χ1n) is 6.82. The van der Waals surface area contributed by atoms with Gasteiger partial charge in [-0.1, -0.05) is 50.7 Å². The van der Waals surface area contributed by atoms with Crippen molar-refractivity contribution in [3.8, 4) is 0 Å². The van der Waals surface area contributed by atoms with Crippen LogP contribution in [0.15, 0.2) is 0 Å². The fraction of sp³-hybridized carbons (Fsp3) is 0.857. The maximum atomic E-state index is 12.6. The largest absolute Gasteiger partial charge is 0.298 e. The van der Waals surface area contributed by atoms with E-state index in [0.717, 1.165) is 25.7 Å². The average Bonchev–Trinajstić information content (AvgIpc) is 2.39. The van der Waals surface area contributed by atoms with Crippen molar-refractivity contribution in [2.75, 3.05) is 0 Å². The van der Waals surface area contributed by atoms with Crippen LogP contribution in [0, 0.1) is 10.8 Å². The molecule has 0 saturated heterocycles. The molecule has 3 aliphatic carbocycles. The van der Waals surface area contributed by atoms with E-state index >= 15 is 0 Å². The summed E-state index contributed by atoms with van der Waals surface area (Å²) in [4.78, 5) is 13.8. The number of ketones is 1. The molecule has 0 atom stereocenters. The molecule has 0 unspecified atom stereocenters. The van der Waals surface area contributed by atoms with Gasteiger partial charge in [-0.25, -0.2) is 0 Å². The van der Waals surface area contributed by atoms with E-state index in [1.165, 1.54) is 43.4 Å². The lowest BCUT2D eigenvalue weighted by molar-refractivity contribution is -0.141. The van der Waals surface area contributed by atoms with Crippen LogP contribution in [0.3, 0.4) is 0 Å². The van der Waals surface area contributed by atoms with Crippen molar-refractivity contribution < 1.29 is 4.79 Å². The molecular formula is C14H20OS. The van der Waals surface area contributed by atoms with E-state index in [1.807, 2.05) is 0 Å². The van der Waals surface area contributed by atoms with Crippen molar-refractivity contribution in [1.29, 1.82) is 0 Å². The maximum absolute atomic E-state index is 12.6. The standard InChI is InChI=1S/C14H20OS/c15-11-13(7-3-1-4-8-13)12(16)14(11)9-5-2-6-10-14/h1-10H2. The highest BCUT2D eigenvalue weighted by Gasteiger charge is 2.66. The van der Waals surface area contributed by atoms with Crippen LogP contribution in [0.5, 0.6) is 0 Å². The molecule has 0 bridgehead atoms. The number of carbonyl (C=O) groups excluding carboxylic acids is 1. The minimum absolute atomic E-state index is 0.120. The highest BCUT2D eigenvalue weighted by molar-refractivity contribution is 7.81. The lowest BCUT2D eigenvalue weighted by Gasteiger charge is -2.58. The Labute approximate surface area is 103 Å². The molecule has 0 aromatic carbocycles. The van der Waals surface area contributed by atoms with Gasteiger partial charge >= 0.3 is 0 Å². The lowest BCUT2D eigenvalue weighted by atomic mass is 9.44. The predicted octanol–water partition coefficient (Wildman–Crippen LogP) is 3.84. The molecule has 88 valence electrons. The van der Waals surface area contributed by atoms with Gasteiger partial charge in [-0.05, 0) is 25.7 Å². The number of Topliss-reactive ketones (excluding diaryl/α,β-unsaturated/α-hetero) is 1. The van der Waals surface area contributed by atoms with Gasteiger partial charge in [0.1, 0.15) is 0 Å². The van der Waals surface area contributed by atoms with Gasteiger partial charge in [0.05, 0.1) is 10.8 Å². The van der Waals surface area contributed by atoms with Crippen LogP contribution in [0.4, 0.5) is 0 Å². The van der Waals surface area contributed by atoms with E-state index in [9.17, 15) is 4.79 Å². The second-order valence-electron chi connectivity index (χ2n) is 5.94. The Bertz CT molecular complexity index is 283. The first-order chi connectivity index (χ1) is 7.72. The zero-order valence-corrected chi connectivity index (χ0v) is 10.7. The molecule has 3 saturated carbocycles. The molecule has 0 N–H and O–H groups in total. The van der Waals surface area contributed by atoms with E-state index in [-0.39, 0.29) is 10.8 Å². The predicted molar refractivity (Wildman–Crippen MR) is 68.6 cm³/mol. The van der Waals surface area contributed by atoms with Crippen molar-refractivity contribution >= 4 is 22.9 Å². The van der Waals surface area contributed by atoms with Gasteiger partial charge in [0.15, 0.2) is 5.78 Å². The third-order valence-corrected chi connectivity index (χ3v) is 5.93. The Kier molecular flexibility index (Phi) is 2.47. The molecule has 0 aliphatic heterocycles. The van der Waals surface area contributed by atoms with Crippen LogP contribution < -0.4 is 0 Å². The Balaban J connectivity index is 1.87. The van der Waals surface area contributed by atoms with Crippen molar-refractivity contribution in [2.24, 2.45) is 10.8 Å². The van der Waals surface area contributed by atoms with Gasteiger partial charge in [-0.3, -0.25) is 4.79 Å². The summed E-state index contributed by atoms with van der Waals surface area (Å²) in [5.74, 6) is 0.546. The summed E-state index contributed by atoms with van der Waals surface area (Å²) < 4.78 is 0. The maximum Gasteiger partial charge on any atom is 0.154 e. The number of thiocarbonyl (C=S) groups is 1. The van der Waals surface area contributed by atoms with Crippen molar-refractivity contribution in [1.82, 2.24) is 0 Å². The summed E-state index contributed by atoms with van der Waals surface area (Å²) in [6, 6.07) is 0. The van der Waals surface area contributed by atoms with Crippen molar-refractivity contribution in [3.63, 3.8) is 0 Å². The van der Waals surface area contributed by atoms with Crippen molar-refractivity contribution in [2.45, 2.75) is 64.2 Å². The summed E-state index contributed by atoms with van der Waals surface area (Å²) >= 11 is 5.70. The molecule has 0 aromatic heterocycles. The SMILES string of the molecule is O=C1C2(CCCCC2)C(=S)C12CCCCC2. The highest BCUT2D eigenvalue weighted by atomic mass is 32.1. The molecule has 0 radical (unpaired) electrons. The molecule has 2 spiro atoms. The molecule has 1 nitrogen and oxygen atoms in total. The van der Waals surface area contributed by atoms with Gasteiger partial charge in [-0.15, -0.1) is 0 Å². The van der Waals surface area contributed by atoms with E-state index < -0.39 is 0 Å². The molecule has 3 rings (SSSR count). The average molecular weight is 236 g/mol. The van der Waals surface area contributed by atoms with Crippen LogP contribution in [0.1, 0.15) is 64.2 Å². The Morgan fingerprint density at radius 1 is 0.750 bits per heavy atom. The van der Waals surface area contributed by atoms with Gasteiger partial charge in [0.25, 0.3) is 0 Å². The minimum Gasteiger partial charge on any atom is -0.298 e. The van der Waals surface area contributed by atoms with E-state index in [4.69, 9.17) is 12.2 Å². The number of hydrogen-bond donors (Lipinski definition) is 0. The molecular weight excluding hydrogens is 216 g/mol. The highest BCUT2D eigenvalue weighted by Crippen LogP contribution is 2.60. The normalized spacial score (nSPS) is 31.8. The quantitative estimate of drug-likeness (QED) is 0.594. The third-order valence-electron chi connectivity index (χ3n) is 5.15. The second kappa shape index (κ2) is 3.63. The minimum atomic E-state index is -0.120. The summed E-state index contributed by atoms with van der Waals surface area (Å²) in [5.41, 5.74) is -0.240. The first-order valence-corrected chi connectivity index (χ1v) is 7.23. The van der Waals surface area contributed by atoms with Gasteiger partial charge < -0.3 is 0 Å². The summed E-state index contributed by atoms with van der Waals surface area (Å²) in [6.45, 7) is 0. The van der Waals surface area contributed by atoms with Crippen LogP contribution in [-0.4, -0.2) is 10.6 Å². The van der Waals surface area contributed by atoms with Crippen LogP contribution >= 0.6 is 12.2 Å². The van der Waals surface area contributed by atoms with Gasteiger partial charge in [0, 0.05) is 4.86 Å². The molecule has 16 heavy (non-hydrogen) atoms. The van der Waals surface area contributed by atoms with Crippen LogP contribution in [0.25, 0.3) is 0 Å². The lowest BCUT2D eigenvalue weighted by Crippen LogP contribution is -2.66. The van der Waals surface area contributed by atoms with Crippen molar-refractivity contribution in [3.05, 3.63) is 0 Å². The van der Waals surface area contributed by atoms with Crippen LogP contribution in [-0.2, 0) is 4.79 Å². The van der Waals surface area contributed by atoms with Gasteiger partial charge in [-0.2, -0.15) is 0 Å². The summed E-state index contributed by atoms with van der Waals surface area (Å²) in [6.07, 6.45) is 11.7. The molecule has 0 amide bonds. The monoisotopic (exact) mass is 236 g/mol. The molecule has 0 aromatic rings. The third kappa shape index (κ3) is 1.17. The van der Waals surface area contributed by atoms with E-state index in [0.29, 0.717) is 5.78 Å². The molecule has 0 heterocycles. The fourth-order valence-corrected chi connectivity index (χ4v) is 4.87. The molecule has 3 aliphatic rings. The Hall–Kier alpha value is -0.240. The number of carbonyl (C=O) groups is 1. The molecule has 3 fully saturated rings. The van der Waals surface area contributed by atoms with E-state index in [2.05, 4.69) is 0 Å². The molecule has 2 heteroatoms. The van der Waals surface area contributed by atoms with E-state index in [1.54, 1.807) is 0 Å². The van der Waals surface area contributed by atoms with Crippen LogP contribution in [0.2, 0.25) is 0 Å². The summed E-state index contributed by atoms with van der Waals surface area (Å²) in [7, 11) is 0. The number of hydrogen-bond acceptors (Lipinski definition) is 2. The van der Waals surface area contributed by atoms with Gasteiger partial charge in [0.2, 0.25) is 0 Å². The Morgan fingerprint density at radius 2 is 1.12 bits per heavy atom. The smallest absolute Gasteiger partial charge is 0.154 e. The second-order valence-corrected chi connectivity index (χ2v) is 6.35. The Morgan fingerprint density at radius 3 is 1.44 bits per heavy atom. The number of rotatable bonds is 0. The fourth-order valence-electron chi connectivity index (χ4n) is 4.28. The topological polar surface area (TPSA) is 17.1 Å².